The van der Waals surface area contributed by atoms with E-state index in [9.17, 15) is 19.8 Å². The fourth-order valence-electron chi connectivity index (χ4n) is 4.44. The fraction of sp³-hybridized carbons (Fsp3) is 0.720. The normalized spacial score (nSPS) is 21.8. The molecular weight excluding hydrogens is 394 g/mol. The number of fused-ring (bicyclic) bond motifs is 1. The van der Waals surface area contributed by atoms with Crippen LogP contribution >= 0.6 is 0 Å². The predicted octanol–water partition coefficient (Wildman–Crippen LogP) is 3.76. The molecule has 6 heteroatoms. The predicted molar refractivity (Wildman–Crippen MR) is 118 cm³/mol. The minimum absolute atomic E-state index is 0.0622. The molecule has 6 nitrogen and oxygen atoms in total. The van der Waals surface area contributed by atoms with Gasteiger partial charge in [0.2, 0.25) is 0 Å². The van der Waals surface area contributed by atoms with Crippen molar-refractivity contribution in [3.63, 3.8) is 0 Å². The Kier molecular flexibility index (Phi) is 8.23. The average Bonchev–Trinajstić information content (AvgIpc) is 2.73. The molecule has 1 aromatic rings. The van der Waals surface area contributed by atoms with Crippen LogP contribution in [0.4, 0.5) is 0 Å². The Balaban J connectivity index is 1.33. The number of aromatic nitrogens is 1. The number of hydrogen-bond donors (Lipinski definition) is 2. The third-order valence-corrected chi connectivity index (χ3v) is 6.99. The summed E-state index contributed by atoms with van der Waals surface area (Å²) < 4.78 is 5.87. The smallest absolute Gasteiger partial charge is 0.307 e. The zero-order chi connectivity index (χ0) is 22.4. The summed E-state index contributed by atoms with van der Waals surface area (Å²) in [6, 6.07) is 4.44. The second-order valence-electron chi connectivity index (χ2n) is 9.98. The number of aliphatic hydroxyl groups excluding tert-OH is 1. The summed E-state index contributed by atoms with van der Waals surface area (Å²) in [5.41, 5.74) is 3.02. The number of ether oxygens (including phenoxy) is 1. The van der Waals surface area contributed by atoms with Crippen molar-refractivity contribution in [2.75, 3.05) is 13.2 Å². The van der Waals surface area contributed by atoms with Gasteiger partial charge in [0, 0.05) is 29.8 Å². The highest BCUT2D eigenvalue weighted by atomic mass is 16.5. The molecular formula is C25H37NO5. The number of Topliss-reactive ketones (excluding diaryl/α,β-unsaturated/α-hetero) is 1. The highest BCUT2D eigenvalue weighted by molar-refractivity contribution is 5.87. The maximum absolute atomic E-state index is 12.2. The van der Waals surface area contributed by atoms with Gasteiger partial charge in [0.15, 0.2) is 0 Å². The lowest BCUT2D eigenvalue weighted by Crippen LogP contribution is -2.34. The minimum atomic E-state index is -0.977. The van der Waals surface area contributed by atoms with Crippen LogP contribution in [0.2, 0.25) is 0 Å². The summed E-state index contributed by atoms with van der Waals surface area (Å²) >= 11 is 0. The first-order valence-electron chi connectivity index (χ1n) is 11.7. The van der Waals surface area contributed by atoms with Gasteiger partial charge in [-0.2, -0.15) is 0 Å². The number of carboxylic acids is 1. The molecule has 0 aromatic carbocycles. The largest absolute Gasteiger partial charge is 0.481 e. The molecule has 172 valence electrons. The van der Waals surface area contributed by atoms with Crippen LogP contribution in [0.25, 0.3) is 0 Å². The number of ketones is 1. The summed E-state index contributed by atoms with van der Waals surface area (Å²) in [6.07, 6.45) is 9.42. The van der Waals surface area contributed by atoms with Crippen LogP contribution in [0, 0.1) is 17.3 Å². The van der Waals surface area contributed by atoms with Crippen molar-refractivity contribution < 1.29 is 24.5 Å². The highest BCUT2D eigenvalue weighted by Crippen LogP contribution is 2.34. The van der Waals surface area contributed by atoms with E-state index in [0.717, 1.165) is 32.1 Å². The molecule has 3 rings (SSSR count). The number of pyridine rings is 1. The Bertz CT molecular complexity index is 769. The van der Waals surface area contributed by atoms with Gasteiger partial charge in [-0.15, -0.1) is 0 Å². The Labute approximate surface area is 185 Å². The molecule has 1 atom stereocenters. The van der Waals surface area contributed by atoms with Crippen LogP contribution in [0.5, 0.6) is 0 Å². The molecule has 2 aliphatic rings. The van der Waals surface area contributed by atoms with Gasteiger partial charge in [0.1, 0.15) is 5.78 Å². The van der Waals surface area contributed by atoms with Gasteiger partial charge in [-0.05, 0) is 75.3 Å². The summed E-state index contributed by atoms with van der Waals surface area (Å²) in [7, 11) is 0. The summed E-state index contributed by atoms with van der Waals surface area (Å²) in [5.74, 6) is -1.31. The highest BCUT2D eigenvalue weighted by Gasteiger charge is 2.33. The minimum Gasteiger partial charge on any atom is -0.481 e. The van der Waals surface area contributed by atoms with Gasteiger partial charge in [-0.3, -0.25) is 14.6 Å². The molecule has 1 fully saturated rings. The van der Waals surface area contributed by atoms with Gasteiger partial charge in [0.05, 0.1) is 18.6 Å². The van der Waals surface area contributed by atoms with Crippen LogP contribution in [-0.4, -0.2) is 46.3 Å². The van der Waals surface area contributed by atoms with E-state index in [1.165, 1.54) is 36.2 Å². The van der Waals surface area contributed by atoms with E-state index in [4.69, 9.17) is 9.72 Å². The van der Waals surface area contributed by atoms with E-state index in [0.29, 0.717) is 18.9 Å². The van der Waals surface area contributed by atoms with Crippen molar-refractivity contribution in [2.24, 2.45) is 17.3 Å². The molecule has 0 bridgehead atoms. The number of carbonyl (C=O) groups excluding carboxylic acids is 1. The lowest BCUT2D eigenvalue weighted by atomic mass is 9.79. The van der Waals surface area contributed by atoms with Gasteiger partial charge in [0.25, 0.3) is 0 Å². The molecule has 0 aliphatic heterocycles. The maximum Gasteiger partial charge on any atom is 0.307 e. The Morgan fingerprint density at radius 1 is 1.23 bits per heavy atom. The van der Waals surface area contributed by atoms with Crippen molar-refractivity contribution in [2.45, 2.75) is 84.2 Å². The number of carboxylic acid groups (broad SMARTS) is 1. The standard InChI is InChI=1S/C25H37NO5/c1-25(2,16-27)23(28)15-19(24(29)30)11-12-31-21-13-17(14-21)7-9-20-10-8-18-5-3-4-6-22(18)26-20/h8,10,17,19,21,27H,3-7,9,11-16H2,1-2H3,(H,29,30). The Morgan fingerprint density at radius 3 is 2.68 bits per heavy atom. The van der Waals surface area contributed by atoms with E-state index < -0.39 is 17.3 Å². The van der Waals surface area contributed by atoms with E-state index in [1.54, 1.807) is 13.8 Å². The molecule has 2 aliphatic carbocycles. The first kappa shape index (κ1) is 23.9. The van der Waals surface area contributed by atoms with Crippen LogP contribution < -0.4 is 0 Å². The molecule has 1 saturated carbocycles. The van der Waals surface area contributed by atoms with Gasteiger partial charge in [-0.1, -0.05) is 19.9 Å². The molecule has 0 spiro atoms. The average molecular weight is 432 g/mol. The number of hydrogen-bond acceptors (Lipinski definition) is 5. The molecule has 1 aromatic heterocycles. The third kappa shape index (κ3) is 6.59. The van der Waals surface area contributed by atoms with Crippen molar-refractivity contribution in [3.8, 4) is 0 Å². The number of nitrogens with zero attached hydrogens (tertiary/aromatic N) is 1. The fourth-order valence-corrected chi connectivity index (χ4v) is 4.44. The number of aliphatic carboxylic acids is 1. The quantitative estimate of drug-likeness (QED) is 0.523. The number of aliphatic hydroxyl groups is 1. The van der Waals surface area contributed by atoms with Gasteiger partial charge in [-0.25, -0.2) is 0 Å². The number of rotatable bonds is 12. The second kappa shape index (κ2) is 10.7. The first-order chi connectivity index (χ1) is 14.8. The van der Waals surface area contributed by atoms with Crippen LogP contribution in [-0.2, 0) is 33.6 Å². The molecule has 1 heterocycles. The van der Waals surface area contributed by atoms with E-state index in [-0.39, 0.29) is 24.9 Å². The van der Waals surface area contributed by atoms with Gasteiger partial charge < -0.3 is 14.9 Å². The lowest BCUT2D eigenvalue weighted by Gasteiger charge is -2.35. The Morgan fingerprint density at radius 2 is 1.97 bits per heavy atom. The van der Waals surface area contributed by atoms with Crippen LogP contribution in [0.1, 0.15) is 75.7 Å². The monoisotopic (exact) mass is 431 g/mol. The van der Waals surface area contributed by atoms with Crippen molar-refractivity contribution >= 4 is 11.8 Å². The third-order valence-electron chi connectivity index (χ3n) is 6.99. The summed E-state index contributed by atoms with van der Waals surface area (Å²) in [4.78, 5) is 28.6. The second-order valence-corrected chi connectivity index (χ2v) is 9.98. The maximum atomic E-state index is 12.2. The zero-order valence-electron chi connectivity index (χ0n) is 18.9. The van der Waals surface area contributed by atoms with E-state index in [2.05, 4.69) is 12.1 Å². The molecule has 0 saturated heterocycles. The first-order valence-corrected chi connectivity index (χ1v) is 11.7. The van der Waals surface area contributed by atoms with Crippen molar-refractivity contribution in [3.05, 3.63) is 29.1 Å². The Hall–Kier alpha value is -1.79. The molecule has 0 radical (unpaired) electrons. The van der Waals surface area contributed by atoms with E-state index >= 15 is 0 Å². The van der Waals surface area contributed by atoms with Crippen LogP contribution in [0.15, 0.2) is 12.1 Å². The number of carbonyl (C=O) groups is 2. The zero-order valence-corrected chi connectivity index (χ0v) is 18.9. The molecule has 2 N–H and O–H groups in total. The number of aryl methyl sites for hydroxylation is 3. The molecule has 31 heavy (non-hydrogen) atoms. The molecule has 1 unspecified atom stereocenters. The lowest BCUT2D eigenvalue weighted by molar-refractivity contribution is -0.146. The van der Waals surface area contributed by atoms with Crippen molar-refractivity contribution in [1.82, 2.24) is 4.98 Å². The van der Waals surface area contributed by atoms with Crippen LogP contribution in [0.3, 0.4) is 0 Å². The summed E-state index contributed by atoms with van der Waals surface area (Å²) in [5, 5.41) is 18.7. The topological polar surface area (TPSA) is 96.7 Å². The van der Waals surface area contributed by atoms with E-state index in [1.807, 2.05) is 0 Å². The van der Waals surface area contributed by atoms with Gasteiger partial charge >= 0.3 is 5.97 Å². The van der Waals surface area contributed by atoms with Crippen molar-refractivity contribution in [1.29, 1.82) is 0 Å². The molecule has 0 amide bonds. The SMILES string of the molecule is CC(C)(CO)C(=O)CC(CCOC1CC(CCc2ccc3c(n2)CCCC3)C1)C(=O)O. The summed E-state index contributed by atoms with van der Waals surface area (Å²) in [6.45, 7) is 3.35.